The zero-order chi connectivity index (χ0) is 25.8. The molecule has 4 heterocycles. The molecule has 1 amide bonds. The van der Waals surface area contributed by atoms with Gasteiger partial charge in [-0.25, -0.2) is 13.5 Å². The first-order chi connectivity index (χ1) is 17.9. The standard InChI is InChI=1S/C28H30F2N6O/c1-21-7-8-24(19-32-21)36-26(17-25(33-36)27(37)35-14-10-28(29,30)11-15-35)23-9-13-34(20-23)16-12-31-18-22-5-3-2-4-6-22/h2-9,13,17,19-20,31H,10-12,14-16,18H2,1H3. The summed E-state index contributed by atoms with van der Waals surface area (Å²) in [6.45, 7) is 4.32. The van der Waals surface area contributed by atoms with E-state index in [1.807, 2.05) is 55.7 Å². The summed E-state index contributed by atoms with van der Waals surface area (Å²) >= 11 is 0. The normalized spacial score (nSPS) is 15.2. The highest BCUT2D eigenvalue weighted by Gasteiger charge is 2.36. The number of hydrogen-bond acceptors (Lipinski definition) is 4. The summed E-state index contributed by atoms with van der Waals surface area (Å²) in [5, 5.41) is 8.05. The Bertz CT molecular complexity index is 1340. The number of carbonyl (C=O) groups excluding carboxylic acids is 1. The van der Waals surface area contributed by atoms with E-state index in [0.717, 1.165) is 42.3 Å². The summed E-state index contributed by atoms with van der Waals surface area (Å²) in [4.78, 5) is 19.0. The molecule has 0 unspecified atom stereocenters. The van der Waals surface area contributed by atoms with Crippen LogP contribution in [-0.2, 0) is 13.1 Å². The van der Waals surface area contributed by atoms with Gasteiger partial charge in [-0.3, -0.25) is 9.78 Å². The van der Waals surface area contributed by atoms with Crippen molar-refractivity contribution < 1.29 is 13.6 Å². The molecule has 1 saturated heterocycles. The molecule has 9 heteroatoms. The third-order valence-corrected chi connectivity index (χ3v) is 6.62. The Balaban J connectivity index is 1.34. The van der Waals surface area contributed by atoms with Crippen LogP contribution in [0, 0.1) is 6.92 Å². The van der Waals surface area contributed by atoms with Gasteiger partial charge in [-0.1, -0.05) is 30.3 Å². The molecule has 7 nitrogen and oxygen atoms in total. The first-order valence-electron chi connectivity index (χ1n) is 12.5. The molecular weight excluding hydrogens is 474 g/mol. The highest BCUT2D eigenvalue weighted by atomic mass is 19.3. The molecule has 0 bridgehead atoms. The van der Waals surface area contributed by atoms with Gasteiger partial charge in [0.1, 0.15) is 0 Å². The maximum atomic E-state index is 13.6. The van der Waals surface area contributed by atoms with Crippen LogP contribution in [0.25, 0.3) is 16.9 Å². The Labute approximate surface area is 214 Å². The summed E-state index contributed by atoms with van der Waals surface area (Å²) in [5.74, 6) is -3.05. The quantitative estimate of drug-likeness (QED) is 0.353. The van der Waals surface area contributed by atoms with Crippen molar-refractivity contribution in [2.45, 2.75) is 38.8 Å². The second kappa shape index (κ2) is 10.6. The molecule has 1 aliphatic heterocycles. The lowest BCUT2D eigenvalue weighted by molar-refractivity contribution is -0.0495. The smallest absolute Gasteiger partial charge is 0.274 e. The van der Waals surface area contributed by atoms with E-state index < -0.39 is 5.92 Å². The number of nitrogens with zero attached hydrogens (tertiary/aromatic N) is 5. The first kappa shape index (κ1) is 24.8. The van der Waals surface area contributed by atoms with Crippen molar-refractivity contribution in [3.05, 3.63) is 90.1 Å². The zero-order valence-corrected chi connectivity index (χ0v) is 20.8. The van der Waals surface area contributed by atoms with E-state index in [1.54, 1.807) is 16.9 Å². The molecule has 1 aliphatic rings. The summed E-state index contributed by atoms with van der Waals surface area (Å²) in [7, 11) is 0. The Hall–Kier alpha value is -3.85. The van der Waals surface area contributed by atoms with Gasteiger partial charge in [0, 0.05) is 69.2 Å². The van der Waals surface area contributed by atoms with Crippen LogP contribution in [0.4, 0.5) is 8.78 Å². The van der Waals surface area contributed by atoms with E-state index in [-0.39, 0.29) is 37.5 Å². The monoisotopic (exact) mass is 504 g/mol. The number of pyridine rings is 1. The number of nitrogens with one attached hydrogen (secondary N) is 1. The number of rotatable bonds is 8. The van der Waals surface area contributed by atoms with Gasteiger partial charge in [-0.15, -0.1) is 0 Å². The van der Waals surface area contributed by atoms with Gasteiger partial charge in [0.15, 0.2) is 5.69 Å². The molecular formula is C28H30F2N6O. The van der Waals surface area contributed by atoms with E-state index in [1.165, 1.54) is 10.5 Å². The Morgan fingerprint density at radius 2 is 1.86 bits per heavy atom. The zero-order valence-electron chi connectivity index (χ0n) is 20.8. The molecule has 0 spiro atoms. The van der Waals surface area contributed by atoms with Crippen LogP contribution >= 0.6 is 0 Å². The van der Waals surface area contributed by atoms with Crippen molar-refractivity contribution in [3.63, 3.8) is 0 Å². The van der Waals surface area contributed by atoms with Gasteiger partial charge in [0.2, 0.25) is 0 Å². The molecule has 0 atom stereocenters. The molecule has 0 saturated carbocycles. The van der Waals surface area contributed by atoms with E-state index in [0.29, 0.717) is 0 Å². The second-order valence-electron chi connectivity index (χ2n) is 9.43. The average molecular weight is 505 g/mol. The predicted octanol–water partition coefficient (Wildman–Crippen LogP) is 4.71. The van der Waals surface area contributed by atoms with Crippen LogP contribution in [0.5, 0.6) is 0 Å². The first-order valence-corrected chi connectivity index (χ1v) is 12.5. The van der Waals surface area contributed by atoms with Gasteiger partial charge in [0.05, 0.1) is 17.6 Å². The van der Waals surface area contributed by atoms with Gasteiger partial charge in [-0.05, 0) is 36.8 Å². The van der Waals surface area contributed by atoms with Crippen molar-refractivity contribution in [3.8, 4) is 16.9 Å². The summed E-state index contributed by atoms with van der Waals surface area (Å²) in [6.07, 6.45) is 5.09. The number of piperidine rings is 1. The fourth-order valence-electron chi connectivity index (χ4n) is 4.44. The van der Waals surface area contributed by atoms with Gasteiger partial charge in [0.25, 0.3) is 11.8 Å². The van der Waals surface area contributed by atoms with Crippen molar-refractivity contribution in [2.75, 3.05) is 19.6 Å². The average Bonchev–Trinajstić information content (AvgIpc) is 3.55. The Kier molecular flexibility index (Phi) is 7.14. The highest BCUT2D eigenvalue weighted by Crippen LogP contribution is 2.30. The summed E-state index contributed by atoms with van der Waals surface area (Å²) in [5.41, 5.74) is 4.71. The van der Waals surface area contributed by atoms with E-state index in [4.69, 9.17) is 0 Å². The number of aromatic nitrogens is 4. The largest absolute Gasteiger partial charge is 0.352 e. The summed E-state index contributed by atoms with van der Waals surface area (Å²) in [6, 6.07) is 17.8. The van der Waals surface area contributed by atoms with E-state index in [9.17, 15) is 13.6 Å². The van der Waals surface area contributed by atoms with Crippen molar-refractivity contribution in [1.29, 1.82) is 0 Å². The lowest BCUT2D eigenvalue weighted by Crippen LogP contribution is -2.42. The fraction of sp³-hybridized carbons (Fsp3) is 0.321. The Morgan fingerprint density at radius 3 is 2.59 bits per heavy atom. The van der Waals surface area contributed by atoms with E-state index in [2.05, 4.69) is 32.1 Å². The predicted molar refractivity (Wildman–Crippen MR) is 138 cm³/mol. The Morgan fingerprint density at radius 1 is 1.08 bits per heavy atom. The number of hydrogen-bond donors (Lipinski definition) is 1. The van der Waals surface area contributed by atoms with Gasteiger partial charge >= 0.3 is 0 Å². The third-order valence-electron chi connectivity index (χ3n) is 6.62. The molecule has 192 valence electrons. The molecule has 1 aromatic carbocycles. The SMILES string of the molecule is Cc1ccc(-n2nc(C(=O)N3CCC(F)(F)CC3)cc2-c2ccn(CCNCc3ccccc3)c2)cn1. The molecule has 1 N–H and O–H groups in total. The minimum atomic E-state index is -2.71. The molecule has 3 aromatic heterocycles. The lowest BCUT2D eigenvalue weighted by Gasteiger charge is -2.31. The molecule has 1 fully saturated rings. The third kappa shape index (κ3) is 5.94. The molecule has 0 aliphatic carbocycles. The molecule has 4 aromatic rings. The number of alkyl halides is 2. The number of halogens is 2. The number of benzene rings is 1. The molecule has 5 rings (SSSR count). The van der Waals surface area contributed by atoms with Crippen molar-refractivity contribution >= 4 is 5.91 Å². The number of carbonyl (C=O) groups is 1. The van der Waals surface area contributed by atoms with Crippen LogP contribution < -0.4 is 5.32 Å². The minimum absolute atomic E-state index is 0.0203. The molecule has 37 heavy (non-hydrogen) atoms. The van der Waals surface area contributed by atoms with Gasteiger partial charge < -0.3 is 14.8 Å². The second-order valence-corrected chi connectivity index (χ2v) is 9.43. The topological polar surface area (TPSA) is 68.0 Å². The van der Waals surface area contributed by atoms with Crippen molar-refractivity contribution in [1.82, 2.24) is 29.5 Å². The highest BCUT2D eigenvalue weighted by molar-refractivity contribution is 5.93. The maximum Gasteiger partial charge on any atom is 0.274 e. The number of amides is 1. The minimum Gasteiger partial charge on any atom is -0.352 e. The van der Waals surface area contributed by atoms with Crippen LogP contribution in [0.15, 0.2) is 73.2 Å². The fourth-order valence-corrected chi connectivity index (χ4v) is 4.44. The van der Waals surface area contributed by atoms with Gasteiger partial charge in [-0.2, -0.15) is 5.10 Å². The molecule has 0 radical (unpaired) electrons. The van der Waals surface area contributed by atoms with Crippen molar-refractivity contribution in [2.24, 2.45) is 0 Å². The van der Waals surface area contributed by atoms with Crippen LogP contribution in [0.3, 0.4) is 0 Å². The van der Waals surface area contributed by atoms with Crippen LogP contribution in [-0.4, -0.2) is 55.7 Å². The van der Waals surface area contributed by atoms with E-state index >= 15 is 0 Å². The number of likely N-dealkylation sites (tertiary alicyclic amines) is 1. The number of aryl methyl sites for hydroxylation is 1. The summed E-state index contributed by atoms with van der Waals surface area (Å²) < 4.78 is 31.0. The van der Waals surface area contributed by atoms with Crippen LogP contribution in [0.2, 0.25) is 0 Å². The van der Waals surface area contributed by atoms with Crippen LogP contribution in [0.1, 0.15) is 34.6 Å². The maximum absolute atomic E-state index is 13.6. The lowest BCUT2D eigenvalue weighted by atomic mass is 10.1.